The van der Waals surface area contributed by atoms with Gasteiger partial charge in [0.2, 0.25) is 0 Å². The summed E-state index contributed by atoms with van der Waals surface area (Å²) in [4.78, 5) is 0. The molecule has 86 valence electrons. The molecule has 15 heavy (non-hydrogen) atoms. The molecule has 1 unspecified atom stereocenters. The highest BCUT2D eigenvalue weighted by atomic mass is 32.1. The van der Waals surface area contributed by atoms with E-state index in [0.29, 0.717) is 5.01 Å². The Kier molecular flexibility index (Phi) is 4.04. The minimum Gasteiger partial charge on any atom is -0.308 e. The van der Waals surface area contributed by atoms with Crippen LogP contribution in [0, 0.1) is 0 Å². The molecule has 1 aromatic rings. The Morgan fingerprint density at radius 2 is 2.07 bits per heavy atom. The van der Waals surface area contributed by atoms with E-state index in [-0.39, 0.29) is 11.0 Å². The van der Waals surface area contributed by atoms with Crippen molar-refractivity contribution in [1.29, 1.82) is 0 Å². The van der Waals surface area contributed by atoms with Crippen LogP contribution in [-0.4, -0.2) is 22.9 Å². The van der Waals surface area contributed by atoms with E-state index < -0.39 is 12.6 Å². The molecule has 0 aromatic carbocycles. The Bertz CT molecular complexity index is 310. The van der Waals surface area contributed by atoms with Gasteiger partial charge >= 0.3 is 6.18 Å². The van der Waals surface area contributed by atoms with Gasteiger partial charge in [0.15, 0.2) is 0 Å². The summed E-state index contributed by atoms with van der Waals surface area (Å²) in [6.45, 7) is 4.52. The summed E-state index contributed by atoms with van der Waals surface area (Å²) < 4.78 is 36.1. The predicted octanol–water partition coefficient (Wildman–Crippen LogP) is 2.31. The molecule has 1 rings (SSSR count). The molecule has 1 heterocycles. The SMILES string of the molecule is CCNC(C)c1nnc(CC(F)(F)F)s1. The van der Waals surface area contributed by atoms with Gasteiger partial charge in [-0.3, -0.25) is 0 Å². The molecule has 1 aromatic heterocycles. The van der Waals surface area contributed by atoms with E-state index in [2.05, 4.69) is 15.5 Å². The second-order valence-electron chi connectivity index (χ2n) is 3.11. The quantitative estimate of drug-likeness (QED) is 0.876. The summed E-state index contributed by atoms with van der Waals surface area (Å²) >= 11 is 1.00. The van der Waals surface area contributed by atoms with Crippen molar-refractivity contribution >= 4 is 11.3 Å². The average Bonchev–Trinajstić information content (AvgIpc) is 2.50. The van der Waals surface area contributed by atoms with Gasteiger partial charge in [0, 0.05) is 0 Å². The highest BCUT2D eigenvalue weighted by Crippen LogP contribution is 2.25. The lowest BCUT2D eigenvalue weighted by atomic mass is 10.3. The zero-order valence-electron chi connectivity index (χ0n) is 8.43. The van der Waals surface area contributed by atoms with Crippen molar-refractivity contribution < 1.29 is 13.2 Å². The van der Waals surface area contributed by atoms with Gasteiger partial charge in [0.1, 0.15) is 10.0 Å². The lowest BCUT2D eigenvalue weighted by molar-refractivity contribution is -0.127. The molecule has 0 amide bonds. The maximum atomic E-state index is 12.0. The third kappa shape index (κ3) is 4.13. The first-order valence-electron chi connectivity index (χ1n) is 4.54. The van der Waals surface area contributed by atoms with E-state index >= 15 is 0 Å². The van der Waals surface area contributed by atoms with Crippen LogP contribution in [0.1, 0.15) is 29.9 Å². The first-order valence-corrected chi connectivity index (χ1v) is 5.36. The van der Waals surface area contributed by atoms with E-state index in [9.17, 15) is 13.2 Å². The van der Waals surface area contributed by atoms with Crippen LogP contribution >= 0.6 is 11.3 Å². The fraction of sp³-hybridized carbons (Fsp3) is 0.750. The molecule has 0 aliphatic carbocycles. The number of hydrogen-bond acceptors (Lipinski definition) is 4. The van der Waals surface area contributed by atoms with Crippen LogP contribution in [-0.2, 0) is 6.42 Å². The van der Waals surface area contributed by atoms with E-state index in [4.69, 9.17) is 0 Å². The number of alkyl halides is 3. The molecular formula is C8H12F3N3S. The minimum absolute atomic E-state index is 0.0160. The topological polar surface area (TPSA) is 37.8 Å². The van der Waals surface area contributed by atoms with Gasteiger partial charge in [0.05, 0.1) is 12.5 Å². The molecule has 1 N–H and O–H groups in total. The average molecular weight is 239 g/mol. The predicted molar refractivity (Wildman–Crippen MR) is 51.8 cm³/mol. The summed E-state index contributed by atoms with van der Waals surface area (Å²) in [7, 11) is 0. The molecule has 3 nitrogen and oxygen atoms in total. The molecule has 0 radical (unpaired) electrons. The molecule has 0 aliphatic rings. The second kappa shape index (κ2) is 4.89. The Morgan fingerprint density at radius 1 is 1.40 bits per heavy atom. The van der Waals surface area contributed by atoms with E-state index in [1.807, 2.05) is 13.8 Å². The zero-order valence-corrected chi connectivity index (χ0v) is 9.24. The van der Waals surface area contributed by atoms with Crippen LogP contribution in [0.4, 0.5) is 13.2 Å². The maximum Gasteiger partial charge on any atom is 0.395 e. The second-order valence-corrected chi connectivity index (χ2v) is 4.20. The molecular weight excluding hydrogens is 227 g/mol. The number of nitrogens with one attached hydrogen (secondary N) is 1. The number of rotatable bonds is 4. The van der Waals surface area contributed by atoms with Crippen molar-refractivity contribution in [2.75, 3.05) is 6.54 Å². The van der Waals surface area contributed by atoms with Crippen molar-refractivity contribution in [3.8, 4) is 0 Å². The van der Waals surface area contributed by atoms with Gasteiger partial charge in [0.25, 0.3) is 0 Å². The Morgan fingerprint density at radius 3 is 2.60 bits per heavy atom. The molecule has 7 heteroatoms. The Labute approximate surface area is 89.7 Å². The molecule has 0 aliphatic heterocycles. The van der Waals surface area contributed by atoms with Crippen LogP contribution in [0.2, 0.25) is 0 Å². The van der Waals surface area contributed by atoms with Crippen LogP contribution in [0.25, 0.3) is 0 Å². The summed E-state index contributed by atoms with van der Waals surface area (Å²) in [5.74, 6) is 0. The van der Waals surface area contributed by atoms with E-state index in [1.54, 1.807) is 0 Å². The van der Waals surface area contributed by atoms with Gasteiger partial charge in [-0.1, -0.05) is 18.3 Å². The zero-order chi connectivity index (χ0) is 11.5. The molecule has 0 fully saturated rings. The summed E-state index contributed by atoms with van der Waals surface area (Å²) in [5.41, 5.74) is 0. The molecule has 0 spiro atoms. The van der Waals surface area contributed by atoms with Crippen LogP contribution < -0.4 is 5.32 Å². The van der Waals surface area contributed by atoms with Crippen molar-refractivity contribution in [3.05, 3.63) is 10.0 Å². The number of halogens is 3. The third-order valence-corrected chi connectivity index (χ3v) is 2.82. The lowest BCUT2D eigenvalue weighted by Crippen LogP contribution is -2.17. The van der Waals surface area contributed by atoms with Crippen molar-refractivity contribution in [3.63, 3.8) is 0 Å². The fourth-order valence-corrected chi connectivity index (χ4v) is 1.98. The first kappa shape index (κ1) is 12.4. The summed E-state index contributed by atoms with van der Waals surface area (Å²) in [5, 5.41) is 10.9. The van der Waals surface area contributed by atoms with Crippen molar-refractivity contribution in [1.82, 2.24) is 15.5 Å². The van der Waals surface area contributed by atoms with Crippen LogP contribution in [0.3, 0.4) is 0 Å². The molecule has 1 atom stereocenters. The molecule has 0 saturated carbocycles. The van der Waals surface area contributed by atoms with Gasteiger partial charge in [-0.15, -0.1) is 10.2 Å². The Balaban J connectivity index is 2.64. The van der Waals surface area contributed by atoms with Crippen LogP contribution in [0.5, 0.6) is 0 Å². The van der Waals surface area contributed by atoms with Crippen molar-refractivity contribution in [2.45, 2.75) is 32.5 Å². The van der Waals surface area contributed by atoms with E-state index in [0.717, 1.165) is 17.9 Å². The van der Waals surface area contributed by atoms with Gasteiger partial charge in [-0.25, -0.2) is 0 Å². The first-order chi connectivity index (χ1) is 6.92. The largest absolute Gasteiger partial charge is 0.395 e. The van der Waals surface area contributed by atoms with Crippen LogP contribution in [0.15, 0.2) is 0 Å². The molecule has 0 saturated heterocycles. The van der Waals surface area contributed by atoms with Crippen molar-refractivity contribution in [2.24, 2.45) is 0 Å². The normalized spacial score (nSPS) is 14.2. The van der Waals surface area contributed by atoms with Gasteiger partial charge < -0.3 is 5.32 Å². The lowest BCUT2D eigenvalue weighted by Gasteiger charge is -2.06. The summed E-state index contributed by atoms with van der Waals surface area (Å²) in [6.07, 6.45) is -5.21. The number of nitrogens with zero attached hydrogens (tertiary/aromatic N) is 2. The fourth-order valence-electron chi connectivity index (χ4n) is 1.08. The Hall–Kier alpha value is -0.690. The summed E-state index contributed by atoms with van der Waals surface area (Å²) in [6, 6.07) is -0.0468. The smallest absolute Gasteiger partial charge is 0.308 e. The van der Waals surface area contributed by atoms with Gasteiger partial charge in [-0.05, 0) is 13.5 Å². The maximum absolute atomic E-state index is 12.0. The number of hydrogen-bond donors (Lipinski definition) is 1. The molecule has 0 bridgehead atoms. The highest BCUT2D eigenvalue weighted by Gasteiger charge is 2.30. The highest BCUT2D eigenvalue weighted by molar-refractivity contribution is 7.11. The standard InChI is InChI=1S/C8H12F3N3S/c1-3-12-5(2)7-14-13-6(15-7)4-8(9,10)11/h5,12H,3-4H2,1-2H3. The van der Waals surface area contributed by atoms with E-state index in [1.165, 1.54) is 0 Å². The monoisotopic (exact) mass is 239 g/mol. The minimum atomic E-state index is -4.21. The third-order valence-electron chi connectivity index (χ3n) is 1.71. The number of aromatic nitrogens is 2. The van der Waals surface area contributed by atoms with Gasteiger partial charge in [-0.2, -0.15) is 13.2 Å².